The van der Waals surface area contributed by atoms with Crippen LogP contribution >= 0.6 is 11.3 Å². The van der Waals surface area contributed by atoms with Gasteiger partial charge in [0.25, 0.3) is 5.91 Å². The fraction of sp³-hybridized carbons (Fsp3) is 0.200. The van der Waals surface area contributed by atoms with Crippen molar-refractivity contribution >= 4 is 56.5 Å². The molecule has 4 aromatic rings. The highest BCUT2D eigenvalue weighted by atomic mass is 32.1. The van der Waals surface area contributed by atoms with Gasteiger partial charge >= 0.3 is 12.2 Å². The van der Waals surface area contributed by atoms with Crippen LogP contribution in [0.3, 0.4) is 0 Å². The summed E-state index contributed by atoms with van der Waals surface area (Å²) in [5, 5.41) is 18.2. The number of benzene rings is 2. The minimum absolute atomic E-state index is 0.122. The number of urea groups is 1. The van der Waals surface area contributed by atoms with Gasteiger partial charge in [-0.2, -0.15) is 13.2 Å². The summed E-state index contributed by atoms with van der Waals surface area (Å²) in [5.41, 5.74) is 12.4. The van der Waals surface area contributed by atoms with Gasteiger partial charge in [0.15, 0.2) is 0 Å². The molecule has 0 aliphatic heterocycles. The van der Waals surface area contributed by atoms with Crippen LogP contribution in [0.1, 0.15) is 28.6 Å². The monoisotopic (exact) mass is 559 g/mol. The van der Waals surface area contributed by atoms with Gasteiger partial charge in [-0.05, 0) is 42.8 Å². The van der Waals surface area contributed by atoms with Crippen molar-refractivity contribution in [2.75, 3.05) is 28.3 Å². The third-order valence-electron chi connectivity index (χ3n) is 5.72. The van der Waals surface area contributed by atoms with E-state index in [0.717, 1.165) is 35.6 Å². The number of anilines is 4. The molecule has 2 aromatic carbocycles. The molecule has 2 aromatic heterocycles. The molecule has 3 amide bonds. The Kier molecular flexibility index (Phi) is 7.88. The van der Waals surface area contributed by atoms with Crippen LogP contribution in [0.15, 0.2) is 48.5 Å². The molecule has 0 aliphatic rings. The number of alkyl halides is 3. The highest BCUT2D eigenvalue weighted by molar-refractivity contribution is 7.21. The number of halogens is 3. The van der Waals surface area contributed by atoms with Gasteiger partial charge < -0.3 is 32.5 Å². The van der Waals surface area contributed by atoms with Gasteiger partial charge in [-0.15, -0.1) is 11.3 Å². The van der Waals surface area contributed by atoms with Crippen LogP contribution in [0.2, 0.25) is 0 Å². The lowest BCUT2D eigenvalue weighted by molar-refractivity contribution is -0.137. The molecular weight excluding hydrogens is 535 g/mol. The Morgan fingerprint density at radius 2 is 1.77 bits per heavy atom. The minimum Gasteiger partial charge on any atom is -0.397 e. The Balaban J connectivity index is 1.65. The first-order chi connectivity index (χ1) is 18.5. The lowest BCUT2D eigenvalue weighted by Gasteiger charge is -2.15. The second kappa shape index (κ2) is 11.1. The standard InChI is InChI=1S/C25H24F3N7O3S/c1-2-14(11-36)31-23-34-19(17-18(29)20(21(30)37)39-22(17)35-23)12-4-3-5-16(10-12)33-24(38)32-15-8-6-13(7-9-15)25(26,27)28/h3-10,14,36H,2,11,29H2,1H3,(H2,30,37)(H,31,34,35)(H2,32,33,38)/t14-/m1/s1. The molecule has 4 rings (SSSR count). The van der Waals surface area contributed by atoms with Crippen LogP contribution in [0.4, 0.5) is 41.0 Å². The summed E-state index contributed by atoms with van der Waals surface area (Å²) < 4.78 is 38.3. The van der Waals surface area contributed by atoms with Crippen molar-refractivity contribution in [3.8, 4) is 11.3 Å². The zero-order chi connectivity index (χ0) is 28.3. The van der Waals surface area contributed by atoms with Crippen molar-refractivity contribution < 1.29 is 27.9 Å². The molecule has 0 fully saturated rings. The summed E-state index contributed by atoms with van der Waals surface area (Å²) in [6, 6.07) is 9.64. The molecule has 10 nitrogen and oxygen atoms in total. The third-order valence-corrected chi connectivity index (χ3v) is 6.84. The molecule has 0 aliphatic carbocycles. The van der Waals surface area contributed by atoms with Crippen molar-refractivity contribution in [2.24, 2.45) is 5.73 Å². The lowest BCUT2D eigenvalue weighted by atomic mass is 10.1. The Labute approximate surface area is 224 Å². The van der Waals surface area contributed by atoms with Crippen molar-refractivity contribution in [3.63, 3.8) is 0 Å². The first-order valence-electron chi connectivity index (χ1n) is 11.6. The Morgan fingerprint density at radius 3 is 2.38 bits per heavy atom. The van der Waals surface area contributed by atoms with E-state index in [2.05, 4.69) is 25.9 Å². The maximum Gasteiger partial charge on any atom is 0.416 e. The first-order valence-corrected chi connectivity index (χ1v) is 12.4. The van der Waals surface area contributed by atoms with E-state index in [1.807, 2.05) is 6.92 Å². The number of rotatable bonds is 8. The van der Waals surface area contributed by atoms with Gasteiger partial charge in [0.05, 0.1) is 35.0 Å². The smallest absolute Gasteiger partial charge is 0.397 e. The van der Waals surface area contributed by atoms with Gasteiger partial charge in [0, 0.05) is 16.9 Å². The number of primary amides is 1. The molecule has 0 radical (unpaired) electrons. The molecule has 0 saturated carbocycles. The summed E-state index contributed by atoms with van der Waals surface area (Å²) >= 11 is 1.01. The molecule has 0 bridgehead atoms. The normalized spacial score (nSPS) is 12.2. The van der Waals surface area contributed by atoms with E-state index in [0.29, 0.717) is 33.6 Å². The van der Waals surface area contributed by atoms with Crippen LogP contribution in [0, 0.1) is 0 Å². The molecule has 8 N–H and O–H groups in total. The summed E-state index contributed by atoms with van der Waals surface area (Å²) in [6.45, 7) is 1.73. The number of hydrogen-bond acceptors (Lipinski definition) is 8. The molecule has 0 saturated heterocycles. The molecular formula is C25H24F3N7O3S. The van der Waals surface area contributed by atoms with E-state index in [-0.39, 0.29) is 34.8 Å². The summed E-state index contributed by atoms with van der Waals surface area (Å²) in [4.78, 5) is 34.0. The molecule has 1 atom stereocenters. The van der Waals surface area contributed by atoms with Crippen molar-refractivity contribution in [1.82, 2.24) is 9.97 Å². The van der Waals surface area contributed by atoms with Crippen LogP contribution in [-0.2, 0) is 6.18 Å². The van der Waals surface area contributed by atoms with E-state index in [1.165, 1.54) is 0 Å². The van der Waals surface area contributed by atoms with Crippen LogP contribution in [0.25, 0.3) is 21.5 Å². The second-order valence-electron chi connectivity index (χ2n) is 8.45. The average Bonchev–Trinajstić information content (AvgIpc) is 3.23. The van der Waals surface area contributed by atoms with Crippen LogP contribution < -0.4 is 27.4 Å². The second-order valence-corrected chi connectivity index (χ2v) is 9.45. The van der Waals surface area contributed by atoms with Crippen LogP contribution in [-0.4, -0.2) is 39.7 Å². The van der Waals surface area contributed by atoms with Crippen LogP contribution in [0.5, 0.6) is 0 Å². The number of thiophene rings is 1. The molecule has 39 heavy (non-hydrogen) atoms. The maximum absolute atomic E-state index is 12.8. The van der Waals surface area contributed by atoms with E-state index in [4.69, 9.17) is 11.5 Å². The van der Waals surface area contributed by atoms with E-state index >= 15 is 0 Å². The average molecular weight is 560 g/mol. The van der Waals surface area contributed by atoms with Gasteiger partial charge in [0.2, 0.25) is 5.95 Å². The fourth-order valence-corrected chi connectivity index (χ4v) is 4.66. The largest absolute Gasteiger partial charge is 0.416 e. The number of aliphatic hydroxyl groups is 1. The maximum atomic E-state index is 12.8. The molecule has 0 unspecified atom stereocenters. The highest BCUT2D eigenvalue weighted by Gasteiger charge is 2.30. The predicted molar refractivity (Wildman–Crippen MR) is 145 cm³/mol. The molecule has 204 valence electrons. The summed E-state index contributed by atoms with van der Waals surface area (Å²) in [5.74, 6) is -0.512. The number of aromatic nitrogens is 2. The number of hydrogen-bond donors (Lipinski definition) is 6. The lowest BCUT2D eigenvalue weighted by Crippen LogP contribution is -2.24. The number of nitrogens with zero attached hydrogens (tertiary/aromatic N) is 2. The van der Waals surface area contributed by atoms with Gasteiger partial charge in [-0.25, -0.2) is 14.8 Å². The number of carbonyl (C=O) groups is 2. The van der Waals surface area contributed by atoms with Gasteiger partial charge in [-0.3, -0.25) is 4.79 Å². The third kappa shape index (κ3) is 6.18. The van der Waals surface area contributed by atoms with E-state index < -0.39 is 23.7 Å². The number of amides is 3. The van der Waals surface area contributed by atoms with Crippen molar-refractivity contribution in [3.05, 3.63) is 59.0 Å². The molecule has 14 heteroatoms. The number of aliphatic hydroxyl groups excluding tert-OH is 1. The minimum atomic E-state index is -4.48. The van der Waals surface area contributed by atoms with E-state index in [1.54, 1.807) is 24.3 Å². The number of carbonyl (C=O) groups excluding carboxylic acids is 2. The Bertz CT molecular complexity index is 1520. The summed E-state index contributed by atoms with van der Waals surface area (Å²) in [6.07, 6.45) is -3.89. The number of nitrogens with one attached hydrogen (secondary N) is 3. The molecule has 2 heterocycles. The van der Waals surface area contributed by atoms with Crippen molar-refractivity contribution in [1.29, 1.82) is 0 Å². The Morgan fingerprint density at radius 1 is 1.08 bits per heavy atom. The van der Waals surface area contributed by atoms with E-state index in [9.17, 15) is 27.9 Å². The Hall–Kier alpha value is -4.43. The molecule has 0 spiro atoms. The number of nitrogens with two attached hydrogens (primary N) is 2. The number of nitrogen functional groups attached to an aromatic ring is 1. The zero-order valence-electron chi connectivity index (χ0n) is 20.5. The highest BCUT2D eigenvalue weighted by Crippen LogP contribution is 2.39. The quantitative estimate of drug-likeness (QED) is 0.179. The van der Waals surface area contributed by atoms with Gasteiger partial charge in [-0.1, -0.05) is 19.1 Å². The van der Waals surface area contributed by atoms with Crippen molar-refractivity contribution in [2.45, 2.75) is 25.6 Å². The first kappa shape index (κ1) is 27.6. The van der Waals surface area contributed by atoms with Gasteiger partial charge in [0.1, 0.15) is 9.71 Å². The SMILES string of the molecule is CC[C@H](CO)Nc1nc(-c2cccc(NC(=O)Nc3ccc(C(F)(F)F)cc3)c2)c2c(N)c(C(N)=O)sc2n1. The topological polar surface area (TPSA) is 168 Å². The summed E-state index contributed by atoms with van der Waals surface area (Å²) in [7, 11) is 0. The number of fused-ring (bicyclic) bond motifs is 1. The predicted octanol–water partition coefficient (Wildman–Crippen LogP) is 4.89. The fourth-order valence-electron chi connectivity index (χ4n) is 3.72. The zero-order valence-corrected chi connectivity index (χ0v) is 21.3.